The number of esters is 2. The van der Waals surface area contributed by atoms with Crippen LogP contribution in [0.25, 0.3) is 0 Å². The number of quaternary nitrogens is 1. The predicted molar refractivity (Wildman–Crippen MR) is 79.5 cm³/mol. The van der Waals surface area contributed by atoms with Crippen molar-refractivity contribution in [1.29, 1.82) is 0 Å². The Labute approximate surface area is 132 Å². The summed E-state index contributed by atoms with van der Waals surface area (Å²) < 4.78 is 16.1. The van der Waals surface area contributed by atoms with Gasteiger partial charge in [-0.25, -0.2) is 0 Å². The van der Waals surface area contributed by atoms with Crippen molar-refractivity contribution in [2.24, 2.45) is 5.41 Å². The Kier molecular flexibility index (Phi) is 6.20. The number of rotatable bonds is 7. The Morgan fingerprint density at radius 3 is 2.73 bits per heavy atom. The molecular formula is C16H28NO5+. The van der Waals surface area contributed by atoms with Crippen LogP contribution in [0.3, 0.4) is 0 Å². The molecule has 2 rings (SSSR count). The zero-order valence-electron chi connectivity index (χ0n) is 13.7. The van der Waals surface area contributed by atoms with E-state index in [0.717, 1.165) is 45.7 Å². The SMILES string of the molecule is CCCC[C@]1(C(=O)OCC)C[C@H](C[NH+]2CCOCC2)OC1=O. The average Bonchev–Trinajstić information content (AvgIpc) is 2.83. The van der Waals surface area contributed by atoms with Gasteiger partial charge in [0.2, 0.25) is 0 Å². The first-order chi connectivity index (χ1) is 10.6. The van der Waals surface area contributed by atoms with Gasteiger partial charge in [-0.2, -0.15) is 0 Å². The summed E-state index contributed by atoms with van der Waals surface area (Å²) in [4.78, 5) is 26.2. The van der Waals surface area contributed by atoms with Crippen LogP contribution in [0, 0.1) is 5.41 Å². The maximum Gasteiger partial charge on any atom is 0.324 e. The lowest BCUT2D eigenvalue weighted by Crippen LogP contribution is -3.15. The molecule has 2 aliphatic rings. The lowest BCUT2D eigenvalue weighted by atomic mass is 9.80. The van der Waals surface area contributed by atoms with Crippen molar-refractivity contribution in [1.82, 2.24) is 0 Å². The summed E-state index contributed by atoms with van der Waals surface area (Å²) in [5.41, 5.74) is -1.08. The van der Waals surface area contributed by atoms with Gasteiger partial charge in [0, 0.05) is 6.42 Å². The van der Waals surface area contributed by atoms with E-state index in [9.17, 15) is 9.59 Å². The maximum atomic E-state index is 12.4. The zero-order valence-corrected chi connectivity index (χ0v) is 13.7. The Balaban J connectivity index is 2.02. The highest BCUT2D eigenvalue weighted by molar-refractivity contribution is 6.01. The number of unbranched alkanes of at least 4 members (excludes halogenated alkanes) is 1. The molecule has 0 spiro atoms. The first-order valence-corrected chi connectivity index (χ1v) is 8.42. The number of cyclic esters (lactones) is 1. The van der Waals surface area contributed by atoms with Crippen molar-refractivity contribution in [2.45, 2.75) is 45.6 Å². The minimum absolute atomic E-state index is 0.193. The molecule has 2 aliphatic heterocycles. The van der Waals surface area contributed by atoms with Crippen LogP contribution in [-0.2, 0) is 23.8 Å². The molecule has 6 heteroatoms. The number of hydrogen-bond acceptors (Lipinski definition) is 5. The van der Waals surface area contributed by atoms with Crippen LogP contribution >= 0.6 is 0 Å². The number of morpholine rings is 1. The fourth-order valence-corrected chi connectivity index (χ4v) is 3.30. The summed E-state index contributed by atoms with van der Waals surface area (Å²) in [5.74, 6) is -0.801. The molecule has 2 heterocycles. The molecule has 0 amide bonds. The number of nitrogens with one attached hydrogen (secondary N) is 1. The standard InChI is InChI=1S/C16H27NO5/c1-3-5-6-16(14(18)21-4-2)11-13(22-15(16)19)12-17-7-9-20-10-8-17/h13H,3-12H2,1-2H3/p+1/t13-,16-/m1/s1. The molecule has 0 unspecified atom stereocenters. The molecule has 6 nitrogen and oxygen atoms in total. The fraction of sp³-hybridized carbons (Fsp3) is 0.875. The molecule has 0 aromatic carbocycles. The Bertz CT molecular complexity index is 394. The van der Waals surface area contributed by atoms with Crippen LogP contribution in [0.1, 0.15) is 39.5 Å². The smallest absolute Gasteiger partial charge is 0.324 e. The number of ether oxygens (including phenoxy) is 3. The molecular weight excluding hydrogens is 286 g/mol. The van der Waals surface area contributed by atoms with Gasteiger partial charge in [0.25, 0.3) is 0 Å². The monoisotopic (exact) mass is 314 g/mol. The minimum Gasteiger partial charge on any atom is -0.465 e. The highest BCUT2D eigenvalue weighted by atomic mass is 16.6. The molecule has 2 fully saturated rings. The lowest BCUT2D eigenvalue weighted by molar-refractivity contribution is -0.910. The van der Waals surface area contributed by atoms with Crippen LogP contribution < -0.4 is 4.90 Å². The normalized spacial score (nSPS) is 29.4. The second kappa shape index (κ2) is 7.92. The van der Waals surface area contributed by atoms with E-state index in [2.05, 4.69) is 6.92 Å². The van der Waals surface area contributed by atoms with E-state index in [4.69, 9.17) is 14.2 Å². The molecule has 22 heavy (non-hydrogen) atoms. The van der Waals surface area contributed by atoms with Gasteiger partial charge in [-0.15, -0.1) is 0 Å². The third kappa shape index (κ3) is 3.79. The van der Waals surface area contributed by atoms with E-state index in [1.165, 1.54) is 4.90 Å². The van der Waals surface area contributed by atoms with Gasteiger partial charge in [-0.05, 0) is 13.3 Å². The van der Waals surface area contributed by atoms with Crippen molar-refractivity contribution in [3.05, 3.63) is 0 Å². The van der Waals surface area contributed by atoms with Gasteiger partial charge in [-0.3, -0.25) is 9.59 Å². The van der Waals surface area contributed by atoms with E-state index in [-0.39, 0.29) is 6.10 Å². The molecule has 0 aromatic rings. The largest absolute Gasteiger partial charge is 0.465 e. The van der Waals surface area contributed by atoms with E-state index in [0.29, 0.717) is 19.4 Å². The summed E-state index contributed by atoms with van der Waals surface area (Å²) in [7, 11) is 0. The molecule has 0 radical (unpaired) electrons. The maximum absolute atomic E-state index is 12.4. The number of carbonyl (C=O) groups excluding carboxylic acids is 2. The first kappa shape index (κ1) is 17.2. The average molecular weight is 314 g/mol. The zero-order chi connectivity index (χ0) is 16.0. The quantitative estimate of drug-likeness (QED) is 0.527. The van der Waals surface area contributed by atoms with Gasteiger partial charge in [0.05, 0.1) is 19.8 Å². The van der Waals surface area contributed by atoms with Gasteiger partial charge >= 0.3 is 11.9 Å². The third-order valence-corrected chi connectivity index (χ3v) is 4.58. The van der Waals surface area contributed by atoms with Crippen molar-refractivity contribution in [3.8, 4) is 0 Å². The van der Waals surface area contributed by atoms with Crippen molar-refractivity contribution >= 4 is 11.9 Å². The van der Waals surface area contributed by atoms with Crippen molar-refractivity contribution in [2.75, 3.05) is 39.5 Å². The Morgan fingerprint density at radius 2 is 2.09 bits per heavy atom. The molecule has 1 N–H and O–H groups in total. The van der Waals surface area contributed by atoms with Crippen LogP contribution in [-0.4, -0.2) is 57.5 Å². The Morgan fingerprint density at radius 1 is 1.36 bits per heavy atom. The molecule has 0 saturated carbocycles. The summed E-state index contributed by atoms with van der Waals surface area (Å²) in [6.45, 7) is 8.20. The molecule has 2 atom stereocenters. The summed E-state index contributed by atoms with van der Waals surface area (Å²) in [6.07, 6.45) is 2.55. The van der Waals surface area contributed by atoms with E-state index in [1.54, 1.807) is 6.92 Å². The fourth-order valence-electron chi connectivity index (χ4n) is 3.30. The first-order valence-electron chi connectivity index (χ1n) is 8.42. The number of hydrogen-bond donors (Lipinski definition) is 1. The van der Waals surface area contributed by atoms with Gasteiger partial charge in [-0.1, -0.05) is 19.8 Å². The van der Waals surface area contributed by atoms with Crippen LogP contribution in [0.4, 0.5) is 0 Å². The second-order valence-corrected chi connectivity index (χ2v) is 6.20. The van der Waals surface area contributed by atoms with Crippen molar-refractivity contribution in [3.63, 3.8) is 0 Å². The van der Waals surface area contributed by atoms with Crippen molar-refractivity contribution < 1.29 is 28.7 Å². The van der Waals surface area contributed by atoms with Gasteiger partial charge in [0.1, 0.15) is 19.6 Å². The lowest BCUT2D eigenvalue weighted by Gasteiger charge is -2.26. The molecule has 0 bridgehead atoms. The highest BCUT2D eigenvalue weighted by Gasteiger charge is 2.56. The predicted octanol–water partition coefficient (Wildman–Crippen LogP) is -0.0433. The van der Waals surface area contributed by atoms with E-state index in [1.807, 2.05) is 0 Å². The minimum atomic E-state index is -1.08. The summed E-state index contributed by atoms with van der Waals surface area (Å²) in [5, 5.41) is 0. The van der Waals surface area contributed by atoms with Gasteiger partial charge in [0.15, 0.2) is 11.5 Å². The number of carbonyl (C=O) groups is 2. The second-order valence-electron chi connectivity index (χ2n) is 6.20. The third-order valence-electron chi connectivity index (χ3n) is 4.58. The van der Waals surface area contributed by atoms with Crippen LogP contribution in [0.2, 0.25) is 0 Å². The van der Waals surface area contributed by atoms with Crippen LogP contribution in [0.5, 0.6) is 0 Å². The van der Waals surface area contributed by atoms with Gasteiger partial charge < -0.3 is 19.1 Å². The molecule has 2 saturated heterocycles. The van der Waals surface area contributed by atoms with Crippen LogP contribution in [0.15, 0.2) is 0 Å². The Hall–Kier alpha value is -1.14. The van der Waals surface area contributed by atoms with E-state index < -0.39 is 17.4 Å². The molecule has 126 valence electrons. The van der Waals surface area contributed by atoms with E-state index >= 15 is 0 Å². The summed E-state index contributed by atoms with van der Waals surface area (Å²) >= 11 is 0. The summed E-state index contributed by atoms with van der Waals surface area (Å²) in [6, 6.07) is 0. The highest BCUT2D eigenvalue weighted by Crippen LogP contribution is 2.39. The molecule has 0 aromatic heterocycles. The molecule has 0 aliphatic carbocycles. The topological polar surface area (TPSA) is 66.3 Å².